The van der Waals surface area contributed by atoms with Crippen molar-refractivity contribution in [2.24, 2.45) is 0 Å². The van der Waals surface area contributed by atoms with E-state index in [1.807, 2.05) is 60.7 Å². The van der Waals surface area contributed by atoms with Gasteiger partial charge in [0.2, 0.25) is 6.41 Å². The van der Waals surface area contributed by atoms with Crippen LogP contribution in [0.3, 0.4) is 0 Å². The van der Waals surface area contributed by atoms with Crippen molar-refractivity contribution in [1.82, 2.24) is 10.2 Å². The molecule has 0 spiro atoms. The lowest BCUT2D eigenvalue weighted by molar-refractivity contribution is -0.105. The first-order valence-electron chi connectivity index (χ1n) is 6.29. The van der Waals surface area contributed by atoms with Gasteiger partial charge in [-0.05, 0) is 0 Å². The van der Waals surface area contributed by atoms with E-state index in [0.717, 1.165) is 22.5 Å². The first-order valence-corrected chi connectivity index (χ1v) is 6.29. The highest BCUT2D eigenvalue weighted by atomic mass is 16.1. The van der Waals surface area contributed by atoms with E-state index in [2.05, 4.69) is 15.5 Å². The Morgan fingerprint density at radius 2 is 1.50 bits per heavy atom. The molecule has 0 bridgehead atoms. The normalized spacial score (nSPS) is 10.2. The maximum Gasteiger partial charge on any atom is 0.211 e. The van der Waals surface area contributed by atoms with Crippen molar-refractivity contribution in [2.75, 3.05) is 5.32 Å². The number of H-pyrrole nitrogens is 1. The molecule has 0 aliphatic rings. The van der Waals surface area contributed by atoms with Crippen LogP contribution in [0, 0.1) is 0 Å². The van der Waals surface area contributed by atoms with Crippen molar-refractivity contribution < 1.29 is 4.79 Å². The van der Waals surface area contributed by atoms with Crippen molar-refractivity contribution in [3.63, 3.8) is 0 Å². The van der Waals surface area contributed by atoms with Crippen molar-refractivity contribution >= 4 is 12.1 Å². The number of rotatable bonds is 4. The largest absolute Gasteiger partial charge is 0.325 e. The maximum absolute atomic E-state index is 10.9. The van der Waals surface area contributed by atoms with E-state index >= 15 is 0 Å². The van der Waals surface area contributed by atoms with Crippen LogP contribution in [0.1, 0.15) is 0 Å². The number of hydrogen-bond acceptors (Lipinski definition) is 2. The van der Waals surface area contributed by atoms with E-state index in [-0.39, 0.29) is 0 Å². The number of aromatic nitrogens is 2. The van der Waals surface area contributed by atoms with Gasteiger partial charge >= 0.3 is 0 Å². The van der Waals surface area contributed by atoms with E-state index in [4.69, 9.17) is 0 Å². The van der Waals surface area contributed by atoms with Crippen molar-refractivity contribution in [1.29, 1.82) is 0 Å². The van der Waals surface area contributed by atoms with E-state index in [1.54, 1.807) is 0 Å². The summed E-state index contributed by atoms with van der Waals surface area (Å²) in [5.41, 5.74) is 4.16. The highest BCUT2D eigenvalue weighted by Gasteiger charge is 2.15. The molecule has 2 N–H and O–H groups in total. The maximum atomic E-state index is 10.9. The fourth-order valence-electron chi connectivity index (χ4n) is 2.16. The molecule has 0 aliphatic carbocycles. The molecule has 0 fully saturated rings. The third-order valence-electron chi connectivity index (χ3n) is 3.08. The smallest absolute Gasteiger partial charge is 0.211 e. The van der Waals surface area contributed by atoms with Crippen LogP contribution in [0.4, 0.5) is 5.69 Å². The van der Waals surface area contributed by atoms with Gasteiger partial charge < -0.3 is 5.32 Å². The molecule has 4 heteroatoms. The number of amides is 1. The zero-order valence-corrected chi connectivity index (χ0v) is 10.7. The Morgan fingerprint density at radius 1 is 0.900 bits per heavy atom. The summed E-state index contributed by atoms with van der Waals surface area (Å²) in [6, 6.07) is 19.5. The molecule has 0 saturated carbocycles. The minimum Gasteiger partial charge on any atom is -0.325 e. The van der Waals surface area contributed by atoms with E-state index in [1.165, 1.54) is 0 Å². The highest BCUT2D eigenvalue weighted by molar-refractivity contribution is 5.92. The van der Waals surface area contributed by atoms with Crippen LogP contribution < -0.4 is 5.32 Å². The number of nitrogens with zero attached hydrogens (tertiary/aromatic N) is 1. The number of aromatic amines is 1. The minimum atomic E-state index is 0.670. The summed E-state index contributed by atoms with van der Waals surface area (Å²) in [4.78, 5) is 10.9. The van der Waals surface area contributed by atoms with Gasteiger partial charge in [0.05, 0.1) is 11.4 Å². The summed E-state index contributed by atoms with van der Waals surface area (Å²) < 4.78 is 0. The predicted octanol–water partition coefficient (Wildman–Crippen LogP) is 3.31. The number of hydrogen-bond donors (Lipinski definition) is 2. The molecule has 0 atom stereocenters. The van der Waals surface area contributed by atoms with Crippen LogP contribution in [-0.4, -0.2) is 16.6 Å². The van der Waals surface area contributed by atoms with Gasteiger partial charge in [-0.3, -0.25) is 9.89 Å². The zero-order chi connectivity index (χ0) is 13.8. The summed E-state index contributed by atoms with van der Waals surface area (Å²) in [7, 11) is 0. The highest BCUT2D eigenvalue weighted by Crippen LogP contribution is 2.34. The van der Waals surface area contributed by atoms with Crippen LogP contribution in [0.25, 0.3) is 22.5 Å². The Balaban J connectivity index is 2.14. The third kappa shape index (κ3) is 2.19. The Hall–Kier alpha value is -2.88. The molecule has 1 aromatic heterocycles. The third-order valence-corrected chi connectivity index (χ3v) is 3.08. The zero-order valence-electron chi connectivity index (χ0n) is 10.7. The SMILES string of the molecule is O=CNc1c(-c2ccccc2)n[nH]c1-c1ccccc1. The van der Waals surface area contributed by atoms with Crippen LogP contribution in [-0.2, 0) is 4.79 Å². The summed E-state index contributed by atoms with van der Waals surface area (Å²) in [5, 5.41) is 10.1. The first kappa shape index (κ1) is 12.2. The van der Waals surface area contributed by atoms with Crippen LogP contribution in [0.2, 0.25) is 0 Å². The minimum absolute atomic E-state index is 0.670. The number of nitrogens with one attached hydrogen (secondary N) is 2. The van der Waals surface area contributed by atoms with Gasteiger partial charge in [-0.25, -0.2) is 0 Å². The van der Waals surface area contributed by atoms with Gasteiger partial charge in [0.15, 0.2) is 0 Å². The second-order valence-electron chi connectivity index (χ2n) is 4.32. The molecule has 98 valence electrons. The molecule has 4 nitrogen and oxygen atoms in total. The lowest BCUT2D eigenvalue weighted by atomic mass is 10.1. The monoisotopic (exact) mass is 263 g/mol. The first-order chi connectivity index (χ1) is 9.90. The van der Waals surface area contributed by atoms with Crippen molar-refractivity contribution in [2.45, 2.75) is 0 Å². The number of anilines is 1. The molecule has 20 heavy (non-hydrogen) atoms. The van der Waals surface area contributed by atoms with Crippen molar-refractivity contribution in [3.05, 3.63) is 60.7 Å². The van der Waals surface area contributed by atoms with Crippen LogP contribution in [0.5, 0.6) is 0 Å². The lowest BCUT2D eigenvalue weighted by Gasteiger charge is -2.04. The Labute approximate surface area is 116 Å². The van der Waals surface area contributed by atoms with E-state index in [0.29, 0.717) is 12.1 Å². The summed E-state index contributed by atoms with van der Waals surface area (Å²) >= 11 is 0. The number of carbonyl (C=O) groups excluding carboxylic acids is 1. The molecular formula is C16H13N3O. The predicted molar refractivity (Wildman–Crippen MR) is 79.1 cm³/mol. The Kier molecular flexibility index (Phi) is 3.29. The van der Waals surface area contributed by atoms with Gasteiger partial charge in [-0.1, -0.05) is 60.7 Å². The van der Waals surface area contributed by atoms with Gasteiger partial charge in [0, 0.05) is 11.1 Å². The molecule has 1 heterocycles. The van der Waals surface area contributed by atoms with Crippen LogP contribution in [0.15, 0.2) is 60.7 Å². The molecule has 3 aromatic rings. The Morgan fingerprint density at radius 3 is 2.10 bits per heavy atom. The summed E-state index contributed by atoms with van der Waals surface area (Å²) in [6.07, 6.45) is 0.670. The topological polar surface area (TPSA) is 57.8 Å². The molecule has 0 radical (unpaired) electrons. The van der Waals surface area contributed by atoms with Gasteiger partial charge in [-0.2, -0.15) is 5.10 Å². The fourth-order valence-corrected chi connectivity index (χ4v) is 2.16. The second-order valence-corrected chi connectivity index (χ2v) is 4.32. The molecular weight excluding hydrogens is 250 g/mol. The van der Waals surface area contributed by atoms with E-state index < -0.39 is 0 Å². The average Bonchev–Trinajstić information content (AvgIpc) is 2.93. The van der Waals surface area contributed by atoms with Gasteiger partial charge in [0.25, 0.3) is 0 Å². The van der Waals surface area contributed by atoms with Crippen molar-refractivity contribution in [3.8, 4) is 22.5 Å². The molecule has 0 aliphatic heterocycles. The van der Waals surface area contributed by atoms with Gasteiger partial charge in [0.1, 0.15) is 5.69 Å². The average molecular weight is 263 g/mol. The summed E-state index contributed by atoms with van der Waals surface area (Å²) in [5.74, 6) is 0. The van der Waals surface area contributed by atoms with E-state index in [9.17, 15) is 4.79 Å². The van der Waals surface area contributed by atoms with Crippen LogP contribution >= 0.6 is 0 Å². The molecule has 1 amide bonds. The number of benzene rings is 2. The molecule has 2 aromatic carbocycles. The quantitative estimate of drug-likeness (QED) is 0.709. The molecule has 3 rings (SSSR count). The molecule has 0 saturated heterocycles. The fraction of sp³-hybridized carbons (Fsp3) is 0. The second kappa shape index (κ2) is 5.40. The summed E-state index contributed by atoms with van der Waals surface area (Å²) in [6.45, 7) is 0. The standard InChI is InChI=1S/C16H13N3O/c20-11-17-16-14(12-7-3-1-4-8-12)18-19-15(16)13-9-5-2-6-10-13/h1-11H,(H,17,20)(H,18,19). The lowest BCUT2D eigenvalue weighted by Crippen LogP contribution is -1.96. The van der Waals surface area contributed by atoms with Gasteiger partial charge in [-0.15, -0.1) is 0 Å². The Bertz CT molecular complexity index is 648. The molecule has 0 unspecified atom stereocenters. The number of carbonyl (C=O) groups is 1.